The lowest BCUT2D eigenvalue weighted by atomic mass is 10.0. The van der Waals surface area contributed by atoms with Crippen LogP contribution in [-0.2, 0) is 29.1 Å². The van der Waals surface area contributed by atoms with E-state index in [0.717, 1.165) is 19.8 Å². The maximum atomic E-state index is 12.3. The fraction of sp³-hybridized carbons (Fsp3) is 0.429. The van der Waals surface area contributed by atoms with Crippen LogP contribution in [0.1, 0.15) is 12.5 Å². The Morgan fingerprint density at radius 2 is 1.50 bits per heavy atom. The normalized spacial score (nSPS) is 12.8. The number of carbonyl (C=O) groups excluding carboxylic acids is 2. The summed E-state index contributed by atoms with van der Waals surface area (Å²) in [5.41, 5.74) is 0.911. The van der Waals surface area contributed by atoms with E-state index in [1.165, 1.54) is 19.1 Å². The highest BCUT2D eigenvalue weighted by atomic mass is 32.2. The van der Waals surface area contributed by atoms with E-state index in [-0.39, 0.29) is 4.90 Å². The molecule has 7 nitrogen and oxygen atoms in total. The molecule has 1 unspecified atom stereocenters. The summed E-state index contributed by atoms with van der Waals surface area (Å²) in [5.74, 6) is -3.12. The first kappa shape index (κ1) is 18.1. The van der Waals surface area contributed by atoms with Crippen LogP contribution < -0.4 is 4.72 Å². The summed E-state index contributed by atoms with van der Waals surface area (Å²) in [4.78, 5) is 23.4. The molecule has 0 saturated carbocycles. The van der Waals surface area contributed by atoms with E-state index >= 15 is 0 Å². The second-order valence-corrected chi connectivity index (χ2v) is 6.46. The molecule has 8 heteroatoms. The highest BCUT2D eigenvalue weighted by molar-refractivity contribution is 7.89. The molecule has 0 aliphatic heterocycles. The Bertz CT molecular complexity index is 622. The van der Waals surface area contributed by atoms with Gasteiger partial charge in [-0.15, -0.1) is 0 Å². The monoisotopic (exact) mass is 329 g/mol. The lowest BCUT2D eigenvalue weighted by Crippen LogP contribution is -2.45. The van der Waals surface area contributed by atoms with Crippen LogP contribution in [-0.4, -0.2) is 40.6 Å². The average Bonchev–Trinajstić information content (AvgIpc) is 2.46. The third-order valence-electron chi connectivity index (χ3n) is 3.08. The first-order valence-corrected chi connectivity index (χ1v) is 7.96. The number of ether oxygens (including phenoxy) is 2. The molecule has 0 saturated heterocycles. The Labute approximate surface area is 129 Å². The van der Waals surface area contributed by atoms with Gasteiger partial charge in [-0.3, -0.25) is 9.59 Å². The highest BCUT2D eigenvalue weighted by Crippen LogP contribution is 2.14. The van der Waals surface area contributed by atoms with E-state index in [4.69, 9.17) is 0 Å². The third-order valence-corrected chi connectivity index (χ3v) is 4.66. The van der Waals surface area contributed by atoms with E-state index in [2.05, 4.69) is 14.2 Å². The van der Waals surface area contributed by atoms with Crippen LogP contribution in [0.5, 0.6) is 0 Å². The summed E-state index contributed by atoms with van der Waals surface area (Å²) in [6.07, 6.45) is 0. The van der Waals surface area contributed by atoms with Crippen molar-refractivity contribution in [3.8, 4) is 0 Å². The summed E-state index contributed by atoms with van der Waals surface area (Å²) in [5, 5.41) is 0. The number of hydrogen-bond acceptors (Lipinski definition) is 6. The number of methoxy groups -OCH3 is 2. The second-order valence-electron chi connectivity index (χ2n) is 4.75. The first-order valence-electron chi connectivity index (χ1n) is 6.47. The average molecular weight is 329 g/mol. The maximum Gasteiger partial charge on any atom is 0.321 e. The molecule has 1 aromatic rings. The van der Waals surface area contributed by atoms with Crippen molar-refractivity contribution in [3.63, 3.8) is 0 Å². The molecule has 122 valence electrons. The minimum atomic E-state index is -3.87. The predicted molar refractivity (Wildman–Crippen MR) is 78.5 cm³/mol. The predicted octanol–water partition coefficient (Wildman–Crippen LogP) is 0.624. The smallest absolute Gasteiger partial charge is 0.321 e. The Balaban J connectivity index is 3.01. The van der Waals surface area contributed by atoms with Gasteiger partial charge in [0.25, 0.3) is 0 Å². The first-order chi connectivity index (χ1) is 10.2. The zero-order valence-corrected chi connectivity index (χ0v) is 13.6. The number of carbonyl (C=O) groups is 2. The van der Waals surface area contributed by atoms with E-state index in [0.29, 0.717) is 0 Å². The van der Waals surface area contributed by atoms with Gasteiger partial charge in [0.2, 0.25) is 10.0 Å². The number of hydrogen-bond donors (Lipinski definition) is 1. The number of benzene rings is 1. The van der Waals surface area contributed by atoms with E-state index in [1.54, 1.807) is 12.1 Å². The van der Waals surface area contributed by atoms with Crippen LogP contribution in [0.3, 0.4) is 0 Å². The SMILES string of the molecule is COC(=O)C(C(=O)OC)C(C)NS(=O)(=O)c1ccc(C)cc1. The fourth-order valence-corrected chi connectivity index (χ4v) is 3.11. The minimum Gasteiger partial charge on any atom is -0.468 e. The molecule has 0 aliphatic carbocycles. The summed E-state index contributed by atoms with van der Waals surface area (Å²) < 4.78 is 35.9. The zero-order valence-electron chi connectivity index (χ0n) is 12.8. The molecule has 0 fully saturated rings. The lowest BCUT2D eigenvalue weighted by Gasteiger charge is -2.20. The molecule has 0 aromatic heterocycles. The largest absolute Gasteiger partial charge is 0.468 e. The zero-order chi connectivity index (χ0) is 16.9. The maximum absolute atomic E-state index is 12.3. The van der Waals surface area contributed by atoms with Crippen LogP contribution in [0.4, 0.5) is 0 Å². The van der Waals surface area contributed by atoms with Gasteiger partial charge in [0.1, 0.15) is 0 Å². The van der Waals surface area contributed by atoms with Crippen LogP contribution in [0.25, 0.3) is 0 Å². The fourth-order valence-electron chi connectivity index (χ4n) is 1.86. The van der Waals surface area contributed by atoms with E-state index < -0.39 is 33.9 Å². The molecule has 1 N–H and O–H groups in total. The molecule has 0 bridgehead atoms. The molecule has 22 heavy (non-hydrogen) atoms. The van der Waals surface area contributed by atoms with Crippen LogP contribution in [0, 0.1) is 12.8 Å². The van der Waals surface area contributed by atoms with Crippen molar-refractivity contribution in [3.05, 3.63) is 29.8 Å². The van der Waals surface area contributed by atoms with E-state index in [9.17, 15) is 18.0 Å². The van der Waals surface area contributed by atoms with Crippen LogP contribution in [0.2, 0.25) is 0 Å². The molecule has 0 spiro atoms. The molecular formula is C14H19NO6S. The van der Waals surface area contributed by atoms with Crippen molar-refractivity contribution in [1.29, 1.82) is 0 Å². The summed E-state index contributed by atoms with van der Waals surface area (Å²) >= 11 is 0. The Morgan fingerprint density at radius 3 is 1.91 bits per heavy atom. The van der Waals surface area contributed by atoms with Crippen molar-refractivity contribution >= 4 is 22.0 Å². The van der Waals surface area contributed by atoms with Gasteiger partial charge < -0.3 is 9.47 Å². The van der Waals surface area contributed by atoms with Crippen molar-refractivity contribution in [1.82, 2.24) is 4.72 Å². The topological polar surface area (TPSA) is 98.8 Å². The van der Waals surface area contributed by atoms with Crippen LogP contribution in [0.15, 0.2) is 29.2 Å². The van der Waals surface area contributed by atoms with Gasteiger partial charge in [0.05, 0.1) is 19.1 Å². The van der Waals surface area contributed by atoms with Gasteiger partial charge in [-0.25, -0.2) is 13.1 Å². The quantitative estimate of drug-likeness (QED) is 0.607. The Kier molecular flexibility index (Phi) is 6.07. The molecule has 1 atom stereocenters. The van der Waals surface area contributed by atoms with Gasteiger partial charge in [-0.05, 0) is 26.0 Å². The van der Waals surface area contributed by atoms with Crippen molar-refractivity contribution < 1.29 is 27.5 Å². The van der Waals surface area contributed by atoms with Gasteiger partial charge >= 0.3 is 11.9 Å². The molecular weight excluding hydrogens is 310 g/mol. The second kappa shape index (κ2) is 7.37. The van der Waals surface area contributed by atoms with Crippen LogP contribution >= 0.6 is 0 Å². The molecule has 0 radical (unpaired) electrons. The van der Waals surface area contributed by atoms with Crippen molar-refractivity contribution in [2.24, 2.45) is 5.92 Å². The number of nitrogens with one attached hydrogen (secondary N) is 1. The van der Waals surface area contributed by atoms with Gasteiger partial charge in [0, 0.05) is 6.04 Å². The van der Waals surface area contributed by atoms with Crippen molar-refractivity contribution in [2.45, 2.75) is 24.8 Å². The Hall–Kier alpha value is -1.93. The lowest BCUT2D eigenvalue weighted by molar-refractivity contribution is -0.159. The molecule has 1 rings (SSSR count). The summed E-state index contributed by atoms with van der Waals surface area (Å²) in [6.45, 7) is 3.22. The number of esters is 2. The van der Waals surface area contributed by atoms with Gasteiger partial charge in [-0.2, -0.15) is 0 Å². The molecule has 0 heterocycles. The summed E-state index contributed by atoms with van der Waals surface area (Å²) in [7, 11) is -1.65. The minimum absolute atomic E-state index is 0.0402. The summed E-state index contributed by atoms with van der Waals surface area (Å²) in [6, 6.07) is 5.16. The molecule has 1 aromatic carbocycles. The highest BCUT2D eigenvalue weighted by Gasteiger charge is 2.36. The standard InChI is InChI=1S/C14H19NO6S/c1-9-5-7-11(8-6-9)22(18,19)15-10(2)12(13(16)20-3)14(17)21-4/h5-8,10,12,15H,1-4H3. The Morgan fingerprint density at radius 1 is 1.05 bits per heavy atom. The van der Waals surface area contributed by atoms with Gasteiger partial charge in [-0.1, -0.05) is 17.7 Å². The third kappa shape index (κ3) is 4.28. The number of rotatable bonds is 6. The number of aryl methyl sites for hydroxylation is 1. The number of sulfonamides is 1. The van der Waals surface area contributed by atoms with Crippen molar-refractivity contribution in [2.75, 3.05) is 14.2 Å². The van der Waals surface area contributed by atoms with Gasteiger partial charge in [0.15, 0.2) is 5.92 Å². The molecule has 0 amide bonds. The van der Waals surface area contributed by atoms with E-state index in [1.807, 2.05) is 6.92 Å². The molecule has 0 aliphatic rings.